The molecule has 0 aliphatic rings. The lowest BCUT2D eigenvalue weighted by molar-refractivity contribution is 0.416. The molecule has 2 N–H and O–H groups in total. The van der Waals surface area contributed by atoms with Gasteiger partial charge in [0.05, 0.1) is 7.11 Å². The minimum absolute atomic E-state index is 0.423. The quantitative estimate of drug-likeness (QED) is 0.881. The van der Waals surface area contributed by atoms with Gasteiger partial charge in [0.15, 0.2) is 0 Å². The van der Waals surface area contributed by atoms with Crippen molar-refractivity contribution in [1.29, 1.82) is 0 Å². The fourth-order valence-electron chi connectivity index (χ4n) is 2.34. The van der Waals surface area contributed by atoms with E-state index in [1.54, 1.807) is 7.11 Å². The summed E-state index contributed by atoms with van der Waals surface area (Å²) in [6, 6.07) is 14.1. The lowest BCUT2D eigenvalue weighted by Gasteiger charge is -2.16. The first kappa shape index (κ1) is 14.9. The summed E-state index contributed by atoms with van der Waals surface area (Å²) >= 11 is 6.31. The number of benzene rings is 2. The van der Waals surface area contributed by atoms with Crippen LogP contribution in [0.25, 0.3) is 11.1 Å². The summed E-state index contributed by atoms with van der Waals surface area (Å²) in [7, 11) is 1.68. The maximum absolute atomic E-state index is 6.31. The molecule has 0 amide bonds. The van der Waals surface area contributed by atoms with Crippen LogP contribution in [0.4, 0.5) is 0 Å². The number of nitrogens with two attached hydrogens (primary N) is 1. The highest BCUT2D eigenvalue weighted by atomic mass is 35.5. The Balaban J connectivity index is 2.50. The molecule has 0 heterocycles. The standard InChI is InChI=1S/C17H20ClNO/c1-12(9-10-19)13-7-8-17(20-2)15(11-13)14-5-3-4-6-16(14)18/h3-8,11-12H,9-10,19H2,1-2H3. The van der Waals surface area contributed by atoms with Crippen molar-refractivity contribution in [2.75, 3.05) is 13.7 Å². The van der Waals surface area contributed by atoms with Crippen LogP contribution < -0.4 is 10.5 Å². The maximum Gasteiger partial charge on any atom is 0.126 e. The normalized spacial score (nSPS) is 12.2. The van der Waals surface area contributed by atoms with Crippen LogP contribution in [0, 0.1) is 0 Å². The SMILES string of the molecule is COc1ccc(C(C)CCN)cc1-c1ccccc1Cl. The first-order valence-electron chi connectivity index (χ1n) is 6.80. The van der Waals surface area contributed by atoms with E-state index in [0.717, 1.165) is 28.3 Å². The summed E-state index contributed by atoms with van der Waals surface area (Å²) < 4.78 is 5.47. The molecule has 0 saturated carbocycles. The smallest absolute Gasteiger partial charge is 0.126 e. The zero-order chi connectivity index (χ0) is 14.5. The van der Waals surface area contributed by atoms with Crippen molar-refractivity contribution in [2.45, 2.75) is 19.3 Å². The molecular weight excluding hydrogens is 270 g/mol. The summed E-state index contributed by atoms with van der Waals surface area (Å²) in [6.07, 6.45) is 0.967. The molecule has 1 unspecified atom stereocenters. The number of ether oxygens (including phenoxy) is 1. The zero-order valence-corrected chi connectivity index (χ0v) is 12.7. The Hall–Kier alpha value is -1.51. The molecule has 0 fully saturated rings. The van der Waals surface area contributed by atoms with Crippen molar-refractivity contribution in [2.24, 2.45) is 5.73 Å². The third-order valence-electron chi connectivity index (χ3n) is 3.56. The van der Waals surface area contributed by atoms with Gasteiger partial charge in [0.1, 0.15) is 5.75 Å². The molecule has 2 nitrogen and oxygen atoms in total. The Morgan fingerprint density at radius 3 is 2.55 bits per heavy atom. The minimum atomic E-state index is 0.423. The molecule has 0 radical (unpaired) electrons. The predicted molar refractivity (Wildman–Crippen MR) is 85.5 cm³/mol. The molecule has 0 aliphatic carbocycles. The van der Waals surface area contributed by atoms with Crippen LogP contribution in [0.1, 0.15) is 24.8 Å². The Labute approximate surface area is 125 Å². The van der Waals surface area contributed by atoms with Crippen LogP contribution in [0.5, 0.6) is 5.75 Å². The van der Waals surface area contributed by atoms with Crippen molar-refractivity contribution in [3.05, 3.63) is 53.1 Å². The maximum atomic E-state index is 6.31. The van der Waals surface area contributed by atoms with Gasteiger partial charge >= 0.3 is 0 Å². The van der Waals surface area contributed by atoms with E-state index in [4.69, 9.17) is 22.1 Å². The van der Waals surface area contributed by atoms with Gasteiger partial charge < -0.3 is 10.5 Å². The van der Waals surface area contributed by atoms with Gasteiger partial charge in [0, 0.05) is 16.1 Å². The molecule has 3 heteroatoms. The van der Waals surface area contributed by atoms with Crippen molar-refractivity contribution >= 4 is 11.6 Å². The van der Waals surface area contributed by atoms with Crippen molar-refractivity contribution in [3.63, 3.8) is 0 Å². The third kappa shape index (κ3) is 3.14. The van der Waals surface area contributed by atoms with Gasteiger partial charge in [-0.25, -0.2) is 0 Å². The Kier molecular flexibility index (Phi) is 5.05. The second kappa shape index (κ2) is 6.78. The van der Waals surface area contributed by atoms with Gasteiger partial charge in [0.25, 0.3) is 0 Å². The number of methoxy groups -OCH3 is 1. The molecular formula is C17H20ClNO. The Morgan fingerprint density at radius 1 is 1.15 bits per heavy atom. The highest BCUT2D eigenvalue weighted by Gasteiger charge is 2.12. The number of halogens is 1. The molecule has 1 atom stereocenters. The van der Waals surface area contributed by atoms with Gasteiger partial charge in [-0.05, 0) is 42.6 Å². The van der Waals surface area contributed by atoms with Crippen LogP contribution >= 0.6 is 11.6 Å². The van der Waals surface area contributed by atoms with Crippen LogP contribution in [0.15, 0.2) is 42.5 Å². The molecule has 2 aromatic carbocycles. The van der Waals surface area contributed by atoms with Gasteiger partial charge in [-0.2, -0.15) is 0 Å². The molecule has 0 aliphatic heterocycles. The average Bonchev–Trinajstić information content (AvgIpc) is 2.47. The van der Waals surface area contributed by atoms with E-state index in [9.17, 15) is 0 Å². The molecule has 2 rings (SSSR count). The summed E-state index contributed by atoms with van der Waals surface area (Å²) in [4.78, 5) is 0. The molecule has 0 aromatic heterocycles. The molecule has 20 heavy (non-hydrogen) atoms. The lowest BCUT2D eigenvalue weighted by Crippen LogP contribution is -2.04. The lowest BCUT2D eigenvalue weighted by atomic mass is 9.93. The fraction of sp³-hybridized carbons (Fsp3) is 0.294. The Bertz CT molecular complexity index is 583. The number of rotatable bonds is 5. The van der Waals surface area contributed by atoms with Crippen molar-refractivity contribution < 1.29 is 4.74 Å². The first-order chi connectivity index (χ1) is 9.67. The second-order valence-corrected chi connectivity index (χ2v) is 5.33. The molecule has 0 bridgehead atoms. The van der Waals surface area contributed by atoms with Crippen molar-refractivity contribution in [3.8, 4) is 16.9 Å². The molecule has 0 spiro atoms. The van der Waals surface area contributed by atoms with Crippen LogP contribution in [0.3, 0.4) is 0 Å². The van der Waals surface area contributed by atoms with Crippen molar-refractivity contribution in [1.82, 2.24) is 0 Å². The Morgan fingerprint density at radius 2 is 1.90 bits per heavy atom. The van der Waals surface area contributed by atoms with Gasteiger partial charge in [-0.3, -0.25) is 0 Å². The van der Waals surface area contributed by atoms with E-state index in [0.29, 0.717) is 12.5 Å². The zero-order valence-electron chi connectivity index (χ0n) is 11.9. The minimum Gasteiger partial charge on any atom is -0.496 e. The third-order valence-corrected chi connectivity index (χ3v) is 3.89. The largest absolute Gasteiger partial charge is 0.496 e. The van der Waals surface area contributed by atoms with E-state index in [2.05, 4.69) is 19.1 Å². The van der Waals surface area contributed by atoms with Gasteiger partial charge in [-0.1, -0.05) is 42.8 Å². The van der Waals surface area contributed by atoms with Crippen LogP contribution in [0.2, 0.25) is 5.02 Å². The van der Waals surface area contributed by atoms with E-state index in [1.807, 2.05) is 30.3 Å². The fourth-order valence-corrected chi connectivity index (χ4v) is 2.58. The highest BCUT2D eigenvalue weighted by Crippen LogP contribution is 2.37. The van der Waals surface area contributed by atoms with Crippen LogP contribution in [-0.2, 0) is 0 Å². The number of hydrogen-bond acceptors (Lipinski definition) is 2. The molecule has 0 saturated heterocycles. The van der Waals surface area contributed by atoms with Gasteiger partial charge in [-0.15, -0.1) is 0 Å². The number of hydrogen-bond donors (Lipinski definition) is 1. The van der Waals surface area contributed by atoms with Gasteiger partial charge in [0.2, 0.25) is 0 Å². The molecule has 106 valence electrons. The summed E-state index contributed by atoms with van der Waals surface area (Å²) in [6.45, 7) is 2.87. The summed E-state index contributed by atoms with van der Waals surface area (Å²) in [5.74, 6) is 1.26. The van der Waals surface area contributed by atoms with E-state index >= 15 is 0 Å². The monoisotopic (exact) mass is 289 g/mol. The van der Waals surface area contributed by atoms with Crippen LogP contribution in [-0.4, -0.2) is 13.7 Å². The predicted octanol–water partition coefficient (Wildman–Crippen LogP) is 4.47. The molecule has 2 aromatic rings. The average molecular weight is 290 g/mol. The second-order valence-electron chi connectivity index (χ2n) is 4.92. The van der Waals surface area contributed by atoms with E-state index < -0.39 is 0 Å². The van der Waals surface area contributed by atoms with E-state index in [-0.39, 0.29) is 0 Å². The summed E-state index contributed by atoms with van der Waals surface area (Å²) in [5.41, 5.74) is 8.93. The highest BCUT2D eigenvalue weighted by molar-refractivity contribution is 6.33. The topological polar surface area (TPSA) is 35.2 Å². The van der Waals surface area contributed by atoms with E-state index in [1.165, 1.54) is 5.56 Å². The summed E-state index contributed by atoms with van der Waals surface area (Å²) in [5, 5.41) is 0.731. The first-order valence-corrected chi connectivity index (χ1v) is 7.18.